The van der Waals surface area contributed by atoms with Gasteiger partial charge in [0.2, 0.25) is 0 Å². The Balaban J connectivity index is 1.87. The van der Waals surface area contributed by atoms with Crippen molar-refractivity contribution in [2.75, 3.05) is 7.11 Å². The zero-order chi connectivity index (χ0) is 16.2. The molecule has 3 aromatic rings. The third-order valence-electron chi connectivity index (χ3n) is 3.01. The van der Waals surface area contributed by atoms with Crippen LogP contribution in [0.2, 0.25) is 5.02 Å². The molecule has 8 heteroatoms. The van der Waals surface area contributed by atoms with Crippen molar-refractivity contribution in [3.05, 3.63) is 59.3 Å². The summed E-state index contributed by atoms with van der Waals surface area (Å²) in [5.74, 6) is 0.623. The van der Waals surface area contributed by atoms with E-state index in [-0.39, 0.29) is 5.56 Å². The Labute approximate surface area is 136 Å². The molecule has 1 aromatic carbocycles. The second kappa shape index (κ2) is 6.45. The number of methoxy groups -OCH3 is 1. The zero-order valence-corrected chi connectivity index (χ0v) is 12.8. The van der Waals surface area contributed by atoms with Gasteiger partial charge in [-0.15, -0.1) is 10.2 Å². The summed E-state index contributed by atoms with van der Waals surface area (Å²) >= 11 is 6.00. The number of esters is 1. The van der Waals surface area contributed by atoms with Crippen molar-refractivity contribution in [3.63, 3.8) is 0 Å². The molecule has 0 saturated carbocycles. The second-order valence-electron chi connectivity index (χ2n) is 4.47. The van der Waals surface area contributed by atoms with Gasteiger partial charge in [0.25, 0.3) is 0 Å². The molecule has 0 aliphatic heterocycles. The first-order valence-electron chi connectivity index (χ1n) is 6.54. The molecule has 0 unspecified atom stereocenters. The molecule has 3 rings (SSSR count). The van der Waals surface area contributed by atoms with Crippen molar-refractivity contribution in [2.45, 2.75) is 0 Å². The Bertz CT molecular complexity index is 855. The summed E-state index contributed by atoms with van der Waals surface area (Å²) in [5.41, 5.74) is 0.988. The number of carbonyl (C=O) groups excluding carboxylic acids is 1. The highest BCUT2D eigenvalue weighted by Crippen LogP contribution is 2.27. The van der Waals surface area contributed by atoms with E-state index < -0.39 is 5.97 Å². The van der Waals surface area contributed by atoms with Crippen molar-refractivity contribution in [2.24, 2.45) is 5.10 Å². The number of benzene rings is 1. The summed E-state index contributed by atoms with van der Waals surface area (Å²) in [6, 6.07) is 8.53. The van der Waals surface area contributed by atoms with E-state index >= 15 is 0 Å². The summed E-state index contributed by atoms with van der Waals surface area (Å²) < 4.78 is 11.8. The highest BCUT2D eigenvalue weighted by atomic mass is 35.5. The van der Waals surface area contributed by atoms with Crippen LogP contribution in [0.25, 0.3) is 11.3 Å². The summed E-state index contributed by atoms with van der Waals surface area (Å²) in [5, 5.41) is 11.7. The number of rotatable bonds is 4. The van der Waals surface area contributed by atoms with E-state index in [9.17, 15) is 4.79 Å². The van der Waals surface area contributed by atoms with E-state index in [1.807, 2.05) is 0 Å². The fraction of sp³-hybridized carbons (Fsp3) is 0.0667. The standard InChI is InChI=1S/C15H11ClN4O3/c1-22-15(21)12-6-10(2-4-13(12)16)14-5-3-11(23-14)7-19-20-8-17-18-9-20/h2-9H,1H3/b19-7+. The summed E-state index contributed by atoms with van der Waals surface area (Å²) in [6.07, 6.45) is 4.45. The molecule has 0 radical (unpaired) electrons. The third kappa shape index (κ3) is 3.29. The average Bonchev–Trinajstić information content (AvgIpc) is 3.24. The quantitative estimate of drug-likeness (QED) is 0.542. The van der Waals surface area contributed by atoms with Crippen LogP contribution in [0.5, 0.6) is 0 Å². The van der Waals surface area contributed by atoms with Gasteiger partial charge in [-0.25, -0.2) is 9.47 Å². The van der Waals surface area contributed by atoms with Gasteiger partial charge in [-0.2, -0.15) is 5.10 Å². The third-order valence-corrected chi connectivity index (χ3v) is 3.34. The van der Waals surface area contributed by atoms with Crippen molar-refractivity contribution in [1.29, 1.82) is 0 Å². The Morgan fingerprint density at radius 1 is 1.30 bits per heavy atom. The van der Waals surface area contributed by atoms with Crippen LogP contribution >= 0.6 is 11.6 Å². The molecular weight excluding hydrogens is 320 g/mol. The first kappa shape index (κ1) is 15.0. The fourth-order valence-corrected chi connectivity index (χ4v) is 2.10. The predicted molar refractivity (Wildman–Crippen MR) is 83.5 cm³/mol. The van der Waals surface area contributed by atoms with Gasteiger partial charge in [-0.3, -0.25) is 0 Å². The highest BCUT2D eigenvalue weighted by molar-refractivity contribution is 6.33. The van der Waals surface area contributed by atoms with E-state index in [0.29, 0.717) is 22.1 Å². The Hall–Kier alpha value is -2.93. The number of hydrogen-bond acceptors (Lipinski definition) is 6. The maximum Gasteiger partial charge on any atom is 0.339 e. The largest absolute Gasteiger partial charge is 0.465 e. The van der Waals surface area contributed by atoms with Gasteiger partial charge in [0, 0.05) is 5.56 Å². The number of nitrogens with zero attached hydrogens (tertiary/aromatic N) is 4. The van der Waals surface area contributed by atoms with Crippen LogP contribution in [0.4, 0.5) is 0 Å². The Morgan fingerprint density at radius 3 is 2.83 bits per heavy atom. The molecule has 2 aromatic heterocycles. The number of halogens is 1. The number of aromatic nitrogens is 3. The molecule has 0 fully saturated rings. The SMILES string of the molecule is COC(=O)c1cc(-c2ccc(/C=N/n3cnnc3)o2)ccc1Cl. The molecule has 0 saturated heterocycles. The topological polar surface area (TPSA) is 82.5 Å². The van der Waals surface area contributed by atoms with Crippen LogP contribution in [0.15, 0.2) is 52.5 Å². The second-order valence-corrected chi connectivity index (χ2v) is 4.88. The van der Waals surface area contributed by atoms with Crippen LogP contribution in [-0.4, -0.2) is 34.2 Å². The number of hydrogen-bond donors (Lipinski definition) is 0. The van der Waals surface area contributed by atoms with Crippen LogP contribution in [0.3, 0.4) is 0 Å². The minimum absolute atomic E-state index is 0.280. The summed E-state index contributed by atoms with van der Waals surface area (Å²) in [7, 11) is 1.30. The smallest absolute Gasteiger partial charge is 0.339 e. The fourth-order valence-electron chi connectivity index (χ4n) is 1.90. The minimum Gasteiger partial charge on any atom is -0.465 e. The predicted octanol–water partition coefficient (Wildman–Crippen LogP) is 2.86. The maximum absolute atomic E-state index is 11.7. The van der Waals surface area contributed by atoms with Crippen molar-refractivity contribution in [1.82, 2.24) is 14.9 Å². The zero-order valence-electron chi connectivity index (χ0n) is 12.0. The lowest BCUT2D eigenvalue weighted by atomic mass is 10.1. The number of carbonyl (C=O) groups is 1. The van der Waals surface area contributed by atoms with Crippen molar-refractivity contribution in [3.8, 4) is 11.3 Å². The molecule has 116 valence electrons. The molecule has 23 heavy (non-hydrogen) atoms. The lowest BCUT2D eigenvalue weighted by molar-refractivity contribution is 0.0601. The van der Waals surface area contributed by atoms with Crippen LogP contribution in [0.1, 0.15) is 16.1 Å². The van der Waals surface area contributed by atoms with Gasteiger partial charge in [0.1, 0.15) is 24.2 Å². The van der Waals surface area contributed by atoms with E-state index in [2.05, 4.69) is 15.3 Å². The van der Waals surface area contributed by atoms with E-state index in [0.717, 1.165) is 0 Å². The first-order chi connectivity index (χ1) is 11.2. The lowest BCUT2D eigenvalue weighted by Gasteiger charge is -2.04. The number of furan rings is 1. The normalized spacial score (nSPS) is 11.0. The molecule has 0 N–H and O–H groups in total. The van der Waals surface area contributed by atoms with Crippen molar-refractivity contribution < 1.29 is 13.9 Å². The maximum atomic E-state index is 11.7. The Kier molecular flexibility index (Phi) is 4.20. The van der Waals surface area contributed by atoms with Gasteiger partial charge in [-0.05, 0) is 30.3 Å². The monoisotopic (exact) mass is 330 g/mol. The van der Waals surface area contributed by atoms with Crippen LogP contribution < -0.4 is 0 Å². The molecule has 0 amide bonds. The molecule has 0 aliphatic rings. The van der Waals surface area contributed by atoms with Gasteiger partial charge < -0.3 is 9.15 Å². The lowest BCUT2D eigenvalue weighted by Crippen LogP contribution is -2.02. The van der Waals surface area contributed by atoms with Crippen molar-refractivity contribution >= 4 is 23.8 Å². The minimum atomic E-state index is -0.502. The Morgan fingerprint density at radius 2 is 2.09 bits per heavy atom. The van der Waals surface area contributed by atoms with Gasteiger partial charge in [0.05, 0.1) is 23.9 Å². The summed E-state index contributed by atoms with van der Waals surface area (Å²) in [6.45, 7) is 0. The average molecular weight is 331 g/mol. The molecule has 0 atom stereocenters. The molecule has 2 heterocycles. The number of ether oxygens (including phenoxy) is 1. The van der Waals surface area contributed by atoms with Gasteiger partial charge >= 0.3 is 5.97 Å². The van der Waals surface area contributed by atoms with Gasteiger partial charge in [-0.1, -0.05) is 11.6 Å². The van der Waals surface area contributed by atoms with Gasteiger partial charge in [0.15, 0.2) is 0 Å². The van der Waals surface area contributed by atoms with E-state index in [1.54, 1.807) is 30.3 Å². The molecule has 7 nitrogen and oxygen atoms in total. The van der Waals surface area contributed by atoms with Crippen LogP contribution in [-0.2, 0) is 4.74 Å². The molecule has 0 aliphatic carbocycles. The van der Waals surface area contributed by atoms with E-state index in [4.69, 9.17) is 20.8 Å². The molecule has 0 spiro atoms. The van der Waals surface area contributed by atoms with E-state index in [1.165, 1.54) is 30.7 Å². The highest BCUT2D eigenvalue weighted by Gasteiger charge is 2.13. The molecule has 0 bridgehead atoms. The summed E-state index contributed by atoms with van der Waals surface area (Å²) in [4.78, 5) is 11.7. The first-order valence-corrected chi connectivity index (χ1v) is 6.92. The molecular formula is C15H11ClN4O3. The van der Waals surface area contributed by atoms with Crippen LogP contribution in [0, 0.1) is 0 Å².